The number of aryl methyl sites for hydroxylation is 1. The molecule has 2 rings (SSSR count). The Morgan fingerprint density at radius 2 is 2.00 bits per heavy atom. The summed E-state index contributed by atoms with van der Waals surface area (Å²) >= 11 is 0. The monoisotopic (exact) mass is 223 g/mol. The van der Waals surface area contributed by atoms with Gasteiger partial charge in [0.2, 0.25) is 0 Å². The van der Waals surface area contributed by atoms with E-state index < -0.39 is 0 Å². The number of aldehydes is 1. The van der Waals surface area contributed by atoms with Crippen molar-refractivity contribution in [2.45, 2.75) is 6.92 Å². The summed E-state index contributed by atoms with van der Waals surface area (Å²) in [5, 5.41) is 0. The van der Waals surface area contributed by atoms with E-state index in [4.69, 9.17) is 0 Å². The Hall–Kier alpha value is -2.22. The van der Waals surface area contributed by atoms with Crippen molar-refractivity contribution in [3.63, 3.8) is 0 Å². The first-order valence-electron chi connectivity index (χ1n) is 5.44. The van der Waals surface area contributed by atoms with Crippen LogP contribution in [0.3, 0.4) is 0 Å². The van der Waals surface area contributed by atoms with E-state index in [1.54, 1.807) is 6.08 Å². The van der Waals surface area contributed by atoms with Crippen LogP contribution < -0.4 is 0 Å². The first kappa shape index (κ1) is 11.3. The minimum atomic E-state index is 0.746. The molecule has 0 amide bonds. The summed E-state index contributed by atoms with van der Waals surface area (Å²) in [4.78, 5) is 14.5. The molecule has 0 fully saturated rings. The van der Waals surface area contributed by atoms with Crippen LogP contribution in [0.15, 0.2) is 48.7 Å². The summed E-state index contributed by atoms with van der Waals surface area (Å²) in [6.07, 6.45) is 5.69. The lowest BCUT2D eigenvalue weighted by molar-refractivity contribution is -0.104. The molecular weight excluding hydrogens is 210 g/mol. The fourth-order valence-corrected chi connectivity index (χ4v) is 1.64. The molecule has 0 bridgehead atoms. The van der Waals surface area contributed by atoms with E-state index in [2.05, 4.69) is 30.1 Å². The van der Waals surface area contributed by atoms with E-state index in [0.29, 0.717) is 0 Å². The molecule has 1 aromatic carbocycles. The second-order valence-corrected chi connectivity index (χ2v) is 3.84. The van der Waals surface area contributed by atoms with Crippen molar-refractivity contribution in [1.29, 1.82) is 0 Å². The molecule has 2 nitrogen and oxygen atoms in total. The van der Waals surface area contributed by atoms with Crippen LogP contribution in [0.2, 0.25) is 0 Å². The van der Waals surface area contributed by atoms with E-state index in [1.807, 2.05) is 24.4 Å². The van der Waals surface area contributed by atoms with Gasteiger partial charge in [0.1, 0.15) is 6.29 Å². The average Bonchev–Trinajstić information content (AvgIpc) is 2.37. The zero-order chi connectivity index (χ0) is 12.1. The number of benzene rings is 1. The number of pyridine rings is 1. The largest absolute Gasteiger partial charge is 0.299 e. The Balaban J connectivity index is 2.29. The maximum atomic E-state index is 10.2. The van der Waals surface area contributed by atoms with Gasteiger partial charge in [0.15, 0.2) is 0 Å². The smallest absolute Gasteiger partial charge is 0.142 e. The zero-order valence-corrected chi connectivity index (χ0v) is 9.63. The molecular formula is C15H13NO. The summed E-state index contributed by atoms with van der Waals surface area (Å²) in [5.41, 5.74) is 4.25. The molecule has 0 radical (unpaired) electrons. The van der Waals surface area contributed by atoms with Crippen LogP contribution in [0.1, 0.15) is 11.3 Å². The van der Waals surface area contributed by atoms with E-state index in [-0.39, 0.29) is 0 Å². The Kier molecular flexibility index (Phi) is 3.46. The van der Waals surface area contributed by atoms with Gasteiger partial charge in [-0.1, -0.05) is 35.9 Å². The van der Waals surface area contributed by atoms with Crippen LogP contribution in [0.5, 0.6) is 0 Å². The molecule has 0 N–H and O–H groups in total. The molecule has 0 spiro atoms. The molecule has 0 aliphatic carbocycles. The van der Waals surface area contributed by atoms with Crippen LogP contribution >= 0.6 is 0 Å². The van der Waals surface area contributed by atoms with E-state index >= 15 is 0 Å². The lowest BCUT2D eigenvalue weighted by atomic mass is 10.1. The van der Waals surface area contributed by atoms with Gasteiger partial charge >= 0.3 is 0 Å². The molecule has 0 atom stereocenters. The van der Waals surface area contributed by atoms with Gasteiger partial charge in [-0.25, -0.2) is 0 Å². The maximum Gasteiger partial charge on any atom is 0.142 e. The number of nitrogens with zero attached hydrogens (tertiary/aromatic N) is 1. The van der Waals surface area contributed by atoms with Crippen LogP contribution in [-0.4, -0.2) is 11.3 Å². The van der Waals surface area contributed by atoms with E-state index in [0.717, 1.165) is 23.1 Å². The summed E-state index contributed by atoms with van der Waals surface area (Å²) in [6.45, 7) is 2.07. The lowest BCUT2D eigenvalue weighted by Gasteiger charge is -2.02. The number of hydrogen-bond acceptors (Lipinski definition) is 2. The summed E-state index contributed by atoms with van der Waals surface area (Å²) < 4.78 is 0. The molecule has 0 aliphatic rings. The third kappa shape index (κ3) is 2.88. The number of hydrogen-bond donors (Lipinski definition) is 0. The predicted molar refractivity (Wildman–Crippen MR) is 69.5 cm³/mol. The van der Waals surface area contributed by atoms with Crippen molar-refractivity contribution < 1.29 is 4.79 Å². The maximum absolute atomic E-state index is 10.2. The first-order chi connectivity index (χ1) is 8.29. The molecule has 2 heteroatoms. The van der Waals surface area contributed by atoms with Gasteiger partial charge in [-0.2, -0.15) is 0 Å². The third-order valence-corrected chi connectivity index (χ3v) is 2.48. The van der Waals surface area contributed by atoms with Crippen LogP contribution in [0.25, 0.3) is 17.2 Å². The zero-order valence-electron chi connectivity index (χ0n) is 9.63. The van der Waals surface area contributed by atoms with Crippen LogP contribution in [-0.2, 0) is 4.79 Å². The van der Waals surface area contributed by atoms with E-state index in [9.17, 15) is 4.79 Å². The number of aromatic nitrogens is 1. The van der Waals surface area contributed by atoms with Crippen molar-refractivity contribution >= 4 is 12.4 Å². The van der Waals surface area contributed by atoms with Gasteiger partial charge < -0.3 is 0 Å². The number of rotatable bonds is 3. The van der Waals surface area contributed by atoms with Gasteiger partial charge in [0.05, 0.1) is 5.69 Å². The SMILES string of the molecule is Cc1cccc(-c2ccc(/C=C/C=O)nc2)c1. The molecule has 17 heavy (non-hydrogen) atoms. The Morgan fingerprint density at radius 3 is 2.65 bits per heavy atom. The second kappa shape index (κ2) is 5.21. The fraction of sp³-hybridized carbons (Fsp3) is 0.0667. The topological polar surface area (TPSA) is 30.0 Å². The third-order valence-electron chi connectivity index (χ3n) is 2.48. The van der Waals surface area contributed by atoms with Crippen molar-refractivity contribution in [2.75, 3.05) is 0 Å². The molecule has 0 saturated carbocycles. The fourth-order valence-electron chi connectivity index (χ4n) is 1.64. The molecule has 2 aromatic rings. The average molecular weight is 223 g/mol. The minimum Gasteiger partial charge on any atom is -0.299 e. The van der Waals surface area contributed by atoms with Crippen molar-refractivity contribution in [3.8, 4) is 11.1 Å². The van der Waals surface area contributed by atoms with Crippen molar-refractivity contribution in [2.24, 2.45) is 0 Å². The molecule has 1 heterocycles. The van der Waals surface area contributed by atoms with Gasteiger partial charge in [-0.3, -0.25) is 9.78 Å². The normalized spacial score (nSPS) is 10.6. The lowest BCUT2D eigenvalue weighted by Crippen LogP contribution is -1.84. The summed E-state index contributed by atoms with van der Waals surface area (Å²) in [6, 6.07) is 12.2. The quantitative estimate of drug-likeness (QED) is 0.590. The van der Waals surface area contributed by atoms with Gasteiger partial charge in [0.25, 0.3) is 0 Å². The summed E-state index contributed by atoms with van der Waals surface area (Å²) in [5.74, 6) is 0. The summed E-state index contributed by atoms with van der Waals surface area (Å²) in [7, 11) is 0. The minimum absolute atomic E-state index is 0.746. The van der Waals surface area contributed by atoms with Crippen molar-refractivity contribution in [3.05, 3.63) is 59.9 Å². The second-order valence-electron chi connectivity index (χ2n) is 3.84. The first-order valence-corrected chi connectivity index (χ1v) is 5.44. The highest BCUT2D eigenvalue weighted by Crippen LogP contribution is 2.19. The van der Waals surface area contributed by atoms with Gasteiger partial charge in [0, 0.05) is 11.8 Å². The molecule has 84 valence electrons. The molecule has 1 aromatic heterocycles. The van der Waals surface area contributed by atoms with E-state index in [1.165, 1.54) is 11.6 Å². The number of carbonyl (C=O) groups excluding carboxylic acids is 1. The number of carbonyl (C=O) groups is 1. The van der Waals surface area contributed by atoms with Crippen molar-refractivity contribution in [1.82, 2.24) is 4.98 Å². The standard InChI is InChI=1S/C15H13NO/c1-12-4-2-5-13(10-12)14-7-8-15(16-11-14)6-3-9-17/h2-11H,1H3/b6-3+. The highest BCUT2D eigenvalue weighted by atomic mass is 16.1. The van der Waals surface area contributed by atoms with Crippen LogP contribution in [0, 0.1) is 6.92 Å². The molecule has 0 unspecified atom stereocenters. The van der Waals surface area contributed by atoms with Gasteiger partial charge in [-0.15, -0.1) is 0 Å². The highest BCUT2D eigenvalue weighted by Gasteiger charge is 1.97. The highest BCUT2D eigenvalue weighted by molar-refractivity contribution is 5.73. The molecule has 0 saturated heterocycles. The number of allylic oxidation sites excluding steroid dienone is 1. The predicted octanol–water partition coefficient (Wildman–Crippen LogP) is 3.27. The van der Waals surface area contributed by atoms with Crippen LogP contribution in [0.4, 0.5) is 0 Å². The molecule has 0 aliphatic heterocycles. The Morgan fingerprint density at radius 1 is 1.12 bits per heavy atom. The Bertz CT molecular complexity index is 541. The van der Waals surface area contributed by atoms with Gasteiger partial charge in [-0.05, 0) is 30.7 Å². The Labute approximate surface area is 101 Å².